The average molecular weight is 469 g/mol. The van der Waals surface area contributed by atoms with Crippen molar-refractivity contribution in [2.45, 2.75) is 70.3 Å². The van der Waals surface area contributed by atoms with Crippen molar-refractivity contribution in [2.24, 2.45) is 0 Å². The minimum absolute atomic E-state index is 0.0957. The smallest absolute Gasteiger partial charge is 0.252 e. The number of benzene rings is 1. The second-order valence-corrected chi connectivity index (χ2v) is 9.17. The molecule has 1 N–H and O–H groups in total. The first kappa shape index (κ1) is 22.8. The van der Waals surface area contributed by atoms with E-state index < -0.39 is 0 Å². The molecule has 1 saturated heterocycles. The largest absolute Gasteiger partial charge is 0.493 e. The third kappa shape index (κ3) is 4.78. The molecule has 0 spiro atoms. The molecular weight excluding hydrogens is 436 g/mol. The summed E-state index contributed by atoms with van der Waals surface area (Å²) < 4.78 is 18.5. The molecule has 3 heterocycles. The zero-order chi connectivity index (χ0) is 23.5. The molecule has 0 amide bonds. The number of hydrogen-bond acceptors (Lipinski definition) is 8. The second-order valence-electron chi connectivity index (χ2n) is 9.17. The lowest BCUT2D eigenvalue weighted by Gasteiger charge is -2.28. The number of aromatic nitrogens is 5. The Morgan fingerprint density at radius 3 is 2.62 bits per heavy atom. The first-order valence-electron chi connectivity index (χ1n) is 12.0. The highest BCUT2D eigenvalue weighted by Gasteiger charge is 2.26. The first-order valence-corrected chi connectivity index (χ1v) is 12.0. The molecule has 2 aromatic heterocycles. The predicted molar refractivity (Wildman–Crippen MR) is 126 cm³/mol. The number of tetrazole rings is 1. The summed E-state index contributed by atoms with van der Waals surface area (Å²) in [6.45, 7) is 2.58. The average Bonchev–Trinajstić information content (AvgIpc) is 3.62. The van der Waals surface area contributed by atoms with Crippen LogP contribution in [-0.2, 0) is 24.4 Å². The molecule has 1 aliphatic carbocycles. The lowest BCUT2D eigenvalue weighted by atomic mass is 10.1. The van der Waals surface area contributed by atoms with Gasteiger partial charge >= 0.3 is 0 Å². The zero-order valence-corrected chi connectivity index (χ0v) is 19.8. The summed E-state index contributed by atoms with van der Waals surface area (Å²) in [5.41, 5.74) is 1.34. The number of nitrogens with one attached hydrogen (secondary N) is 1. The number of H-pyrrole nitrogens is 1. The lowest BCUT2D eigenvalue weighted by molar-refractivity contribution is 0.0906. The molecule has 1 unspecified atom stereocenters. The number of hydrogen-bond donors (Lipinski definition) is 1. The topological polar surface area (TPSA) is 107 Å². The van der Waals surface area contributed by atoms with E-state index >= 15 is 0 Å². The van der Waals surface area contributed by atoms with Crippen LogP contribution in [0.4, 0.5) is 0 Å². The van der Waals surface area contributed by atoms with Crippen molar-refractivity contribution in [1.82, 2.24) is 30.1 Å². The SMILES string of the molecule is COc1cc2cc(CN(Cc3nnnn3CC3CCCO3)C3CCCC3)c(=O)[nH]c2cc1OC. The van der Waals surface area contributed by atoms with Crippen LogP contribution in [0.3, 0.4) is 0 Å². The van der Waals surface area contributed by atoms with Crippen molar-refractivity contribution < 1.29 is 14.2 Å². The Morgan fingerprint density at radius 1 is 1.09 bits per heavy atom. The third-order valence-corrected chi connectivity index (χ3v) is 6.99. The highest BCUT2D eigenvalue weighted by Crippen LogP contribution is 2.32. The molecule has 10 heteroatoms. The Morgan fingerprint density at radius 2 is 1.88 bits per heavy atom. The van der Waals surface area contributed by atoms with Crippen molar-refractivity contribution >= 4 is 10.9 Å². The quantitative estimate of drug-likeness (QED) is 0.511. The van der Waals surface area contributed by atoms with Gasteiger partial charge in [-0.3, -0.25) is 9.69 Å². The van der Waals surface area contributed by atoms with Crippen LogP contribution in [-0.4, -0.2) is 63.1 Å². The molecular formula is C24H32N6O4. The van der Waals surface area contributed by atoms with Crippen LogP contribution >= 0.6 is 0 Å². The van der Waals surface area contributed by atoms with Crippen molar-refractivity contribution in [3.63, 3.8) is 0 Å². The van der Waals surface area contributed by atoms with Crippen LogP contribution < -0.4 is 15.0 Å². The molecule has 34 heavy (non-hydrogen) atoms. The number of methoxy groups -OCH3 is 2. The number of fused-ring (bicyclic) bond motifs is 1. The Kier molecular flexibility index (Phi) is 6.77. The molecule has 182 valence electrons. The number of aromatic amines is 1. The predicted octanol–water partition coefficient (Wildman–Crippen LogP) is 2.66. The van der Waals surface area contributed by atoms with E-state index in [1.54, 1.807) is 20.3 Å². The summed E-state index contributed by atoms with van der Waals surface area (Å²) in [4.78, 5) is 18.4. The van der Waals surface area contributed by atoms with Crippen molar-refractivity contribution in [2.75, 3.05) is 20.8 Å². The van der Waals surface area contributed by atoms with Gasteiger partial charge in [0.2, 0.25) is 0 Å². The number of ether oxygens (including phenoxy) is 3. The fourth-order valence-electron chi connectivity index (χ4n) is 5.14. The molecule has 3 aromatic rings. The fraction of sp³-hybridized carbons (Fsp3) is 0.583. The van der Waals surface area contributed by atoms with Crippen LogP contribution in [0, 0.1) is 0 Å². The molecule has 2 fully saturated rings. The third-order valence-electron chi connectivity index (χ3n) is 6.99. The first-order chi connectivity index (χ1) is 16.6. The van der Waals surface area contributed by atoms with Gasteiger partial charge in [-0.25, -0.2) is 4.68 Å². The van der Waals surface area contributed by atoms with E-state index in [1.165, 1.54) is 12.8 Å². The van der Waals surface area contributed by atoms with E-state index in [2.05, 4.69) is 25.4 Å². The maximum Gasteiger partial charge on any atom is 0.252 e. The van der Waals surface area contributed by atoms with E-state index in [-0.39, 0.29) is 11.7 Å². The molecule has 1 atom stereocenters. The van der Waals surface area contributed by atoms with E-state index in [1.807, 2.05) is 16.8 Å². The van der Waals surface area contributed by atoms with Gasteiger partial charge in [0.25, 0.3) is 5.56 Å². The second kappa shape index (κ2) is 10.1. The van der Waals surface area contributed by atoms with Crippen molar-refractivity contribution in [3.8, 4) is 11.5 Å². The summed E-state index contributed by atoms with van der Waals surface area (Å²) in [5.74, 6) is 2.03. The molecule has 5 rings (SSSR count). The van der Waals surface area contributed by atoms with Gasteiger partial charge in [0.05, 0.1) is 38.9 Å². The summed E-state index contributed by atoms with van der Waals surface area (Å²) in [6.07, 6.45) is 6.91. The molecule has 0 radical (unpaired) electrons. The van der Waals surface area contributed by atoms with Gasteiger partial charge in [0.1, 0.15) is 0 Å². The van der Waals surface area contributed by atoms with Gasteiger partial charge < -0.3 is 19.2 Å². The molecule has 1 aromatic carbocycles. The molecule has 1 saturated carbocycles. The van der Waals surface area contributed by atoms with E-state index in [4.69, 9.17) is 14.2 Å². The molecule has 0 bridgehead atoms. The number of nitrogens with zero attached hydrogens (tertiary/aromatic N) is 5. The highest BCUT2D eigenvalue weighted by atomic mass is 16.5. The standard InChI is InChI=1S/C24H32N6O4/c1-32-21-11-16-10-17(24(31)25-20(16)12-22(21)33-2)13-29(18-6-3-4-7-18)15-23-26-27-28-30(23)14-19-8-5-9-34-19/h10-12,18-19H,3-9,13-15H2,1-2H3,(H,25,31). The van der Waals surface area contributed by atoms with Gasteiger partial charge in [0.15, 0.2) is 17.3 Å². The van der Waals surface area contributed by atoms with Crippen molar-refractivity contribution in [3.05, 3.63) is 39.9 Å². The minimum Gasteiger partial charge on any atom is -0.493 e. The Bertz CT molecular complexity index is 1180. The van der Waals surface area contributed by atoms with Crippen LogP contribution in [0.1, 0.15) is 49.9 Å². The van der Waals surface area contributed by atoms with Gasteiger partial charge in [-0.05, 0) is 48.2 Å². The monoisotopic (exact) mass is 468 g/mol. The van der Waals surface area contributed by atoms with E-state index in [9.17, 15) is 4.79 Å². The van der Waals surface area contributed by atoms with Crippen LogP contribution in [0.15, 0.2) is 23.0 Å². The lowest BCUT2D eigenvalue weighted by Crippen LogP contribution is -2.35. The van der Waals surface area contributed by atoms with Crippen molar-refractivity contribution in [1.29, 1.82) is 0 Å². The van der Waals surface area contributed by atoms with Crippen LogP contribution in [0.2, 0.25) is 0 Å². The Balaban J connectivity index is 1.42. The molecule has 1 aliphatic heterocycles. The number of rotatable bonds is 9. The number of pyridine rings is 1. The maximum atomic E-state index is 13.0. The summed E-state index contributed by atoms with van der Waals surface area (Å²) in [6, 6.07) is 6.05. The highest BCUT2D eigenvalue weighted by molar-refractivity contribution is 5.83. The van der Waals surface area contributed by atoms with Crippen LogP contribution in [0.5, 0.6) is 11.5 Å². The molecule has 10 nitrogen and oxygen atoms in total. The minimum atomic E-state index is -0.0957. The summed E-state index contributed by atoms with van der Waals surface area (Å²) in [7, 11) is 3.20. The fourth-order valence-corrected chi connectivity index (χ4v) is 5.14. The summed E-state index contributed by atoms with van der Waals surface area (Å²) >= 11 is 0. The van der Waals surface area contributed by atoms with Gasteiger partial charge in [-0.15, -0.1) is 5.10 Å². The molecule has 2 aliphatic rings. The Labute approximate surface area is 198 Å². The van der Waals surface area contributed by atoms with E-state index in [0.29, 0.717) is 42.7 Å². The normalized spacial score (nSPS) is 18.9. The Hall–Kier alpha value is -2.98. The van der Waals surface area contributed by atoms with E-state index in [0.717, 1.165) is 49.0 Å². The maximum absolute atomic E-state index is 13.0. The van der Waals surface area contributed by atoms with Gasteiger partial charge in [-0.2, -0.15) is 0 Å². The summed E-state index contributed by atoms with van der Waals surface area (Å²) in [5, 5.41) is 13.4. The van der Waals surface area contributed by atoms with Gasteiger partial charge in [-0.1, -0.05) is 12.8 Å². The van der Waals surface area contributed by atoms with Crippen LogP contribution in [0.25, 0.3) is 10.9 Å². The van der Waals surface area contributed by atoms with Gasteiger partial charge in [0, 0.05) is 36.2 Å². The zero-order valence-electron chi connectivity index (χ0n) is 19.8.